The monoisotopic (exact) mass is 368 g/mol. The zero-order chi connectivity index (χ0) is 13.1. The molecule has 0 atom stereocenters. The highest BCUT2D eigenvalue weighted by atomic mass is 127. The van der Waals surface area contributed by atoms with Crippen molar-refractivity contribution in [2.45, 2.75) is 39.5 Å². The molecule has 96 valence electrons. The van der Waals surface area contributed by atoms with E-state index in [1.165, 1.54) is 0 Å². The molecule has 0 amide bonds. The fourth-order valence-corrected chi connectivity index (χ4v) is 2.62. The number of rotatable bonds is 4. The van der Waals surface area contributed by atoms with E-state index >= 15 is 0 Å². The first-order chi connectivity index (χ1) is 7.86. The Morgan fingerprint density at radius 3 is 2.47 bits per heavy atom. The van der Waals surface area contributed by atoms with Crippen molar-refractivity contribution in [2.24, 2.45) is 0 Å². The van der Waals surface area contributed by atoms with Crippen molar-refractivity contribution in [1.82, 2.24) is 9.97 Å². The third-order valence-corrected chi connectivity index (χ3v) is 3.86. The van der Waals surface area contributed by atoms with Gasteiger partial charge in [-0.1, -0.05) is 32.4 Å². The van der Waals surface area contributed by atoms with Gasteiger partial charge in [0.05, 0.1) is 15.9 Å². The molecule has 0 saturated heterocycles. The Morgan fingerprint density at radius 1 is 1.29 bits per heavy atom. The zero-order valence-electron chi connectivity index (χ0n) is 10.7. The molecule has 0 fully saturated rings. The molecule has 0 aliphatic heterocycles. The van der Waals surface area contributed by atoms with Crippen LogP contribution in [-0.2, 0) is 16.6 Å². The van der Waals surface area contributed by atoms with Gasteiger partial charge >= 0.3 is 0 Å². The smallest absolute Gasteiger partial charge is 0.146 e. The first-order valence-corrected chi connectivity index (χ1v) is 7.12. The van der Waals surface area contributed by atoms with Gasteiger partial charge in [-0.3, -0.25) is 0 Å². The summed E-state index contributed by atoms with van der Waals surface area (Å²) in [6.45, 7) is 9.70. The highest BCUT2D eigenvalue weighted by molar-refractivity contribution is 14.1. The first-order valence-electron chi connectivity index (χ1n) is 5.66. The lowest BCUT2D eigenvalue weighted by atomic mass is 9.92. The summed E-state index contributed by atoms with van der Waals surface area (Å²) < 4.78 is 6.25. The predicted molar refractivity (Wildman–Crippen MR) is 78.7 cm³/mol. The highest BCUT2D eigenvalue weighted by Gasteiger charge is 2.22. The van der Waals surface area contributed by atoms with Crippen LogP contribution in [0.3, 0.4) is 0 Å². The van der Waals surface area contributed by atoms with Crippen molar-refractivity contribution >= 4 is 34.2 Å². The van der Waals surface area contributed by atoms with Gasteiger partial charge in [0.15, 0.2) is 0 Å². The second-order valence-corrected chi connectivity index (χ2v) is 6.23. The molecule has 17 heavy (non-hydrogen) atoms. The summed E-state index contributed by atoms with van der Waals surface area (Å²) >= 11 is 8.34. The lowest BCUT2D eigenvalue weighted by Gasteiger charge is -2.20. The fourth-order valence-electron chi connectivity index (χ4n) is 1.38. The largest absolute Gasteiger partial charge is 0.381 e. The average molecular weight is 369 g/mol. The third-order valence-electron chi connectivity index (χ3n) is 2.24. The van der Waals surface area contributed by atoms with E-state index in [2.05, 4.69) is 53.3 Å². The summed E-state index contributed by atoms with van der Waals surface area (Å²) in [5, 5.41) is 0.539. The number of aromatic nitrogens is 2. The van der Waals surface area contributed by atoms with E-state index in [0.29, 0.717) is 24.8 Å². The minimum atomic E-state index is -0.0243. The molecule has 0 saturated carbocycles. The Hall–Kier alpha value is 0.0600. The molecule has 3 nitrogen and oxygen atoms in total. The van der Waals surface area contributed by atoms with Gasteiger partial charge in [-0.2, -0.15) is 0 Å². The number of hydrogen-bond acceptors (Lipinski definition) is 3. The lowest BCUT2D eigenvalue weighted by Crippen LogP contribution is -2.18. The van der Waals surface area contributed by atoms with Crippen molar-refractivity contribution < 1.29 is 4.74 Å². The number of hydrogen-bond donors (Lipinski definition) is 0. The average Bonchev–Trinajstić information content (AvgIpc) is 2.21. The second kappa shape index (κ2) is 6.29. The quantitative estimate of drug-likeness (QED) is 0.463. The third kappa shape index (κ3) is 4.34. The summed E-state index contributed by atoms with van der Waals surface area (Å²) in [6, 6.07) is 0. The molecule has 5 heteroatoms. The number of ether oxygens (including phenoxy) is 1. The van der Waals surface area contributed by atoms with Gasteiger partial charge in [-0.25, -0.2) is 9.97 Å². The topological polar surface area (TPSA) is 35.0 Å². The molecule has 0 radical (unpaired) electrons. The number of halogens is 2. The predicted octanol–water partition coefficient (Wildman–Crippen LogP) is 3.61. The van der Waals surface area contributed by atoms with Crippen LogP contribution in [0.1, 0.15) is 39.2 Å². The van der Waals surface area contributed by atoms with Crippen LogP contribution in [0.4, 0.5) is 0 Å². The summed E-state index contributed by atoms with van der Waals surface area (Å²) in [6.07, 6.45) is 0.702. The van der Waals surface area contributed by atoms with Gasteiger partial charge in [0.25, 0.3) is 0 Å². The second-order valence-electron chi connectivity index (χ2n) is 4.79. The van der Waals surface area contributed by atoms with Crippen LogP contribution in [0.25, 0.3) is 0 Å². The molecule has 1 aromatic rings. The van der Waals surface area contributed by atoms with Crippen LogP contribution in [0.5, 0.6) is 0 Å². The molecule has 0 unspecified atom stereocenters. The molecule has 0 aromatic carbocycles. The molecule has 0 aliphatic rings. The summed E-state index contributed by atoms with van der Waals surface area (Å²) in [4.78, 5) is 8.88. The summed E-state index contributed by atoms with van der Waals surface area (Å²) in [5.41, 5.74) is 0.980. The van der Waals surface area contributed by atoms with Crippen LogP contribution in [0.2, 0.25) is 5.15 Å². The molecule has 1 heterocycles. The molecule has 0 N–H and O–H groups in total. The van der Waals surface area contributed by atoms with Crippen LogP contribution >= 0.6 is 34.2 Å². The van der Waals surface area contributed by atoms with Crippen molar-refractivity contribution in [2.75, 3.05) is 13.2 Å². The van der Waals surface area contributed by atoms with E-state index in [4.69, 9.17) is 16.3 Å². The van der Waals surface area contributed by atoms with E-state index in [0.717, 1.165) is 15.1 Å². The molecule has 0 bridgehead atoms. The fraction of sp³-hybridized carbons (Fsp3) is 0.667. The van der Waals surface area contributed by atoms with Crippen LogP contribution in [0, 0.1) is 3.57 Å². The van der Waals surface area contributed by atoms with E-state index in [1.54, 1.807) is 0 Å². The Morgan fingerprint density at radius 2 is 1.94 bits per heavy atom. The van der Waals surface area contributed by atoms with Crippen molar-refractivity contribution in [3.63, 3.8) is 0 Å². The maximum atomic E-state index is 6.14. The SMILES string of the molecule is CCOCCc1nc(Cl)c(I)c(C(C)(C)C)n1. The van der Waals surface area contributed by atoms with Gasteiger partial charge in [-0.05, 0) is 29.5 Å². The minimum absolute atomic E-state index is 0.0243. The first kappa shape index (κ1) is 15.1. The minimum Gasteiger partial charge on any atom is -0.381 e. The van der Waals surface area contributed by atoms with Crippen molar-refractivity contribution in [3.8, 4) is 0 Å². The summed E-state index contributed by atoms with van der Waals surface area (Å²) in [7, 11) is 0. The Labute approximate surface area is 121 Å². The van der Waals surface area contributed by atoms with Gasteiger partial charge in [-0.15, -0.1) is 0 Å². The maximum absolute atomic E-state index is 6.14. The zero-order valence-corrected chi connectivity index (χ0v) is 13.6. The molecular weight excluding hydrogens is 351 g/mol. The van der Waals surface area contributed by atoms with Gasteiger partial charge in [0.1, 0.15) is 11.0 Å². The van der Waals surface area contributed by atoms with Gasteiger partial charge in [0, 0.05) is 18.4 Å². The molecule has 0 aliphatic carbocycles. The lowest BCUT2D eigenvalue weighted by molar-refractivity contribution is 0.149. The highest BCUT2D eigenvalue weighted by Crippen LogP contribution is 2.29. The molecule has 0 spiro atoms. The molecule has 1 rings (SSSR count). The van der Waals surface area contributed by atoms with Crippen molar-refractivity contribution in [1.29, 1.82) is 0 Å². The Kier molecular flexibility index (Phi) is 5.60. The van der Waals surface area contributed by atoms with Crippen LogP contribution in [-0.4, -0.2) is 23.2 Å². The van der Waals surface area contributed by atoms with Gasteiger partial charge < -0.3 is 4.74 Å². The summed E-state index contributed by atoms with van der Waals surface area (Å²) in [5.74, 6) is 0.758. The van der Waals surface area contributed by atoms with E-state index in [9.17, 15) is 0 Å². The van der Waals surface area contributed by atoms with E-state index in [1.807, 2.05) is 6.92 Å². The molecular formula is C12H18ClIN2O. The molecule has 1 aromatic heterocycles. The van der Waals surface area contributed by atoms with Crippen LogP contribution < -0.4 is 0 Å². The van der Waals surface area contributed by atoms with E-state index in [-0.39, 0.29) is 5.41 Å². The van der Waals surface area contributed by atoms with Gasteiger partial charge in [0.2, 0.25) is 0 Å². The Bertz CT molecular complexity index is 391. The van der Waals surface area contributed by atoms with Crippen LogP contribution in [0.15, 0.2) is 0 Å². The standard InChI is InChI=1S/C12H18ClIN2O/c1-5-17-7-6-8-15-10(12(2,3)4)9(14)11(13)16-8/h5-7H2,1-4H3. The number of nitrogens with zero attached hydrogens (tertiary/aromatic N) is 2. The Balaban J connectivity index is 2.98. The van der Waals surface area contributed by atoms with E-state index < -0.39 is 0 Å². The normalized spacial score (nSPS) is 11.9. The maximum Gasteiger partial charge on any atom is 0.146 e. The van der Waals surface area contributed by atoms with Crippen molar-refractivity contribution in [3.05, 3.63) is 20.2 Å².